The first kappa shape index (κ1) is 16.0. The minimum absolute atomic E-state index is 0.0609. The molecule has 6 nitrogen and oxygen atoms in total. The Kier molecular flexibility index (Phi) is 5.52. The van der Waals surface area contributed by atoms with E-state index in [1.165, 1.54) is 0 Å². The van der Waals surface area contributed by atoms with Crippen LogP contribution in [0.3, 0.4) is 0 Å². The van der Waals surface area contributed by atoms with Gasteiger partial charge in [0.1, 0.15) is 6.10 Å². The largest absolute Gasteiger partial charge is 0.440 e. The Morgan fingerprint density at radius 2 is 2.25 bits per heavy atom. The summed E-state index contributed by atoms with van der Waals surface area (Å²) >= 11 is 0. The summed E-state index contributed by atoms with van der Waals surface area (Å²) in [6, 6.07) is 3.44. The number of primary amides is 1. The number of anilines is 1. The predicted molar refractivity (Wildman–Crippen MR) is 78.7 cm³/mol. The van der Waals surface area contributed by atoms with Crippen LogP contribution in [0.15, 0.2) is 30.5 Å². The fraction of sp³-hybridized carbons (Fsp3) is 0.429. The highest BCUT2D eigenvalue weighted by Gasteiger charge is 2.16. The van der Waals surface area contributed by atoms with Crippen molar-refractivity contribution in [2.24, 2.45) is 17.0 Å². The van der Waals surface area contributed by atoms with E-state index >= 15 is 0 Å². The molecule has 0 aliphatic rings. The van der Waals surface area contributed by atoms with Gasteiger partial charge < -0.3 is 15.9 Å². The number of nitrogens with two attached hydrogens (primary N) is 2. The number of pyridine rings is 1. The Labute approximate surface area is 119 Å². The molecule has 110 valence electrons. The van der Waals surface area contributed by atoms with Gasteiger partial charge in [-0.2, -0.15) is 0 Å². The van der Waals surface area contributed by atoms with E-state index in [1.54, 1.807) is 18.3 Å². The van der Waals surface area contributed by atoms with Crippen LogP contribution in [0.5, 0.6) is 0 Å². The lowest BCUT2D eigenvalue weighted by Gasteiger charge is -2.16. The van der Waals surface area contributed by atoms with E-state index in [2.05, 4.69) is 37.3 Å². The minimum atomic E-state index is -0.827. The lowest BCUT2D eigenvalue weighted by molar-refractivity contribution is 0.106. The number of rotatable bonds is 5. The molecule has 0 aromatic carbocycles. The van der Waals surface area contributed by atoms with Gasteiger partial charge in [-0.15, -0.1) is 0 Å². The number of carbonyl (C=O) groups excluding carboxylic acids is 1. The zero-order valence-electron chi connectivity index (χ0n) is 12.1. The summed E-state index contributed by atoms with van der Waals surface area (Å²) in [6.07, 6.45) is 4.75. The van der Waals surface area contributed by atoms with Crippen LogP contribution in [0.1, 0.15) is 39.0 Å². The maximum absolute atomic E-state index is 11.0. The molecule has 0 saturated carbocycles. The molecule has 0 fully saturated rings. The maximum Gasteiger partial charge on any atom is 0.405 e. The highest BCUT2D eigenvalue weighted by atomic mass is 16.6. The topological polar surface area (TPSA) is 103 Å². The second-order valence-corrected chi connectivity index (χ2v) is 5.54. The number of nitrogens with zero attached hydrogens (tertiary/aromatic N) is 1. The van der Waals surface area contributed by atoms with Gasteiger partial charge in [-0.05, 0) is 17.5 Å². The van der Waals surface area contributed by atoms with E-state index in [9.17, 15) is 4.79 Å². The summed E-state index contributed by atoms with van der Waals surface area (Å²) in [7, 11) is 0. The van der Waals surface area contributed by atoms with Gasteiger partial charge in [0.2, 0.25) is 0 Å². The summed E-state index contributed by atoms with van der Waals surface area (Å²) in [4.78, 5) is 15.2. The van der Waals surface area contributed by atoms with Crippen LogP contribution in [0.2, 0.25) is 0 Å². The standard InChI is InChI=1S/C14H22N4O2/c1-14(2,3)7-4-5-12(20-13(15)19)11-9-10(18-16)6-8-17-11/h4,6-9,12H,5,16H2,1-3H3,(H2,15,19)(H,17,18)/t12-/m0/s1. The van der Waals surface area contributed by atoms with Crippen LogP contribution in [0.4, 0.5) is 10.5 Å². The molecule has 5 N–H and O–H groups in total. The number of hydrogen-bond acceptors (Lipinski definition) is 5. The van der Waals surface area contributed by atoms with Crippen LogP contribution < -0.4 is 17.0 Å². The van der Waals surface area contributed by atoms with Crippen molar-refractivity contribution in [2.45, 2.75) is 33.3 Å². The Balaban J connectivity index is 2.88. The number of allylic oxidation sites excluding steroid dienone is 1. The second-order valence-electron chi connectivity index (χ2n) is 5.54. The van der Waals surface area contributed by atoms with Gasteiger partial charge in [0, 0.05) is 12.6 Å². The lowest BCUT2D eigenvalue weighted by atomic mass is 9.95. The number of amides is 1. The van der Waals surface area contributed by atoms with E-state index < -0.39 is 12.2 Å². The molecule has 1 aromatic rings. The number of ether oxygens (including phenoxy) is 1. The van der Waals surface area contributed by atoms with Crippen molar-refractivity contribution in [3.8, 4) is 0 Å². The molecule has 0 saturated heterocycles. The number of aromatic nitrogens is 1. The summed E-state index contributed by atoms with van der Waals surface area (Å²) in [5, 5.41) is 0. The Bertz CT molecular complexity index is 480. The Morgan fingerprint density at radius 3 is 2.80 bits per heavy atom. The molecule has 20 heavy (non-hydrogen) atoms. The first-order valence-corrected chi connectivity index (χ1v) is 6.38. The van der Waals surface area contributed by atoms with Gasteiger partial charge in [-0.3, -0.25) is 10.8 Å². The highest BCUT2D eigenvalue weighted by Crippen LogP contribution is 2.23. The van der Waals surface area contributed by atoms with Crippen LogP contribution in [0, 0.1) is 5.41 Å². The van der Waals surface area contributed by atoms with E-state index in [0.29, 0.717) is 17.8 Å². The first-order chi connectivity index (χ1) is 9.31. The third-order valence-electron chi connectivity index (χ3n) is 2.50. The van der Waals surface area contributed by atoms with Gasteiger partial charge in [-0.1, -0.05) is 32.9 Å². The molecule has 0 aliphatic carbocycles. The Morgan fingerprint density at radius 1 is 1.55 bits per heavy atom. The lowest BCUT2D eigenvalue weighted by Crippen LogP contribution is -2.18. The van der Waals surface area contributed by atoms with E-state index in [4.69, 9.17) is 16.3 Å². The van der Waals surface area contributed by atoms with E-state index in [1.807, 2.05) is 6.08 Å². The molecule has 0 radical (unpaired) electrons. The van der Waals surface area contributed by atoms with Crippen LogP contribution >= 0.6 is 0 Å². The summed E-state index contributed by atoms with van der Waals surface area (Å²) in [5.74, 6) is 5.35. The monoisotopic (exact) mass is 278 g/mol. The summed E-state index contributed by atoms with van der Waals surface area (Å²) in [6.45, 7) is 6.26. The molecule has 1 atom stereocenters. The van der Waals surface area contributed by atoms with Crippen molar-refractivity contribution in [3.05, 3.63) is 36.2 Å². The quantitative estimate of drug-likeness (QED) is 0.436. The second kappa shape index (κ2) is 6.91. The molecular formula is C14H22N4O2. The van der Waals surface area contributed by atoms with Crippen molar-refractivity contribution < 1.29 is 9.53 Å². The third kappa shape index (κ3) is 5.71. The maximum atomic E-state index is 11.0. The van der Waals surface area contributed by atoms with Gasteiger partial charge in [-0.25, -0.2) is 4.79 Å². The Hall–Kier alpha value is -2.08. The molecule has 0 spiro atoms. The minimum Gasteiger partial charge on any atom is -0.440 e. The van der Waals surface area contributed by atoms with Crippen molar-refractivity contribution in [3.63, 3.8) is 0 Å². The predicted octanol–water partition coefficient (Wildman–Crippen LogP) is 2.50. The van der Waals surface area contributed by atoms with Gasteiger partial charge >= 0.3 is 6.09 Å². The van der Waals surface area contributed by atoms with Gasteiger partial charge in [0.25, 0.3) is 0 Å². The number of carbonyl (C=O) groups is 1. The molecular weight excluding hydrogens is 256 g/mol. The number of hydrogen-bond donors (Lipinski definition) is 3. The number of hydrazine groups is 1. The zero-order chi connectivity index (χ0) is 15.2. The molecule has 0 unspecified atom stereocenters. The normalized spacial score (nSPS) is 13.2. The highest BCUT2D eigenvalue weighted by molar-refractivity contribution is 5.65. The molecule has 6 heteroatoms. The zero-order valence-corrected chi connectivity index (χ0v) is 12.1. The molecule has 0 aliphatic heterocycles. The van der Waals surface area contributed by atoms with E-state index in [0.717, 1.165) is 0 Å². The fourth-order valence-corrected chi connectivity index (χ4v) is 1.63. The SMILES string of the molecule is CC(C)(C)C=CC[C@H](OC(N)=O)c1cc(NN)ccn1. The smallest absolute Gasteiger partial charge is 0.405 e. The average Bonchev–Trinajstić information content (AvgIpc) is 2.36. The molecule has 1 aromatic heterocycles. The first-order valence-electron chi connectivity index (χ1n) is 6.38. The summed E-state index contributed by atoms with van der Waals surface area (Å²) < 4.78 is 5.11. The van der Waals surface area contributed by atoms with Crippen molar-refractivity contribution in [2.75, 3.05) is 5.43 Å². The molecule has 1 amide bonds. The molecule has 1 heterocycles. The van der Waals surface area contributed by atoms with Crippen LogP contribution in [-0.2, 0) is 4.74 Å². The van der Waals surface area contributed by atoms with Gasteiger partial charge in [0.15, 0.2) is 0 Å². The fourth-order valence-electron chi connectivity index (χ4n) is 1.63. The van der Waals surface area contributed by atoms with E-state index in [-0.39, 0.29) is 5.41 Å². The van der Waals surface area contributed by atoms with Gasteiger partial charge in [0.05, 0.1) is 11.4 Å². The molecule has 0 bridgehead atoms. The summed E-state index contributed by atoms with van der Waals surface area (Å²) in [5.41, 5.74) is 8.98. The van der Waals surface area contributed by atoms with Crippen molar-refractivity contribution in [1.29, 1.82) is 0 Å². The van der Waals surface area contributed by atoms with Crippen LogP contribution in [-0.4, -0.2) is 11.1 Å². The average molecular weight is 278 g/mol. The third-order valence-corrected chi connectivity index (χ3v) is 2.50. The number of nitrogens with one attached hydrogen (secondary N) is 1. The number of nitrogen functional groups attached to an aromatic ring is 1. The van der Waals surface area contributed by atoms with Crippen LogP contribution in [0.25, 0.3) is 0 Å². The van der Waals surface area contributed by atoms with Crippen molar-refractivity contribution in [1.82, 2.24) is 4.98 Å². The van der Waals surface area contributed by atoms with Crippen molar-refractivity contribution >= 4 is 11.8 Å². The molecule has 1 rings (SSSR count).